The van der Waals surface area contributed by atoms with E-state index in [1.165, 1.54) is 7.11 Å². The average molecular weight is 284 g/mol. The third-order valence-corrected chi connectivity index (χ3v) is 3.26. The molecule has 1 aliphatic rings. The Labute approximate surface area is 100 Å². The lowest BCUT2D eigenvalue weighted by atomic mass is 10.1. The Morgan fingerprint density at radius 3 is 3.00 bits per heavy atom. The zero-order valence-corrected chi connectivity index (χ0v) is 10.1. The van der Waals surface area contributed by atoms with Gasteiger partial charge in [-0.2, -0.15) is 0 Å². The number of ether oxygens (including phenoxy) is 1. The van der Waals surface area contributed by atoms with Gasteiger partial charge in [-0.3, -0.25) is 0 Å². The molecule has 84 valence electrons. The number of carbonyl (C=O) groups is 1. The van der Waals surface area contributed by atoms with Crippen LogP contribution in [0.3, 0.4) is 0 Å². The molecule has 0 saturated heterocycles. The fourth-order valence-electron chi connectivity index (χ4n) is 1.62. The van der Waals surface area contributed by atoms with Crippen molar-refractivity contribution in [3.8, 4) is 5.75 Å². The molecule has 0 aromatic heterocycles. The molecular formula is C11H10BrNO3. The van der Waals surface area contributed by atoms with Crippen molar-refractivity contribution in [3.05, 3.63) is 28.6 Å². The quantitative estimate of drug-likeness (QED) is 0.700. The van der Waals surface area contributed by atoms with Crippen molar-refractivity contribution >= 4 is 32.6 Å². The first-order valence-electron chi connectivity index (χ1n) is 4.67. The number of aromatic hydroxyl groups is 1. The summed E-state index contributed by atoms with van der Waals surface area (Å²) in [5.41, 5.74) is 0. The second kappa shape index (κ2) is 4.17. The maximum absolute atomic E-state index is 11.5. The van der Waals surface area contributed by atoms with Crippen molar-refractivity contribution in [2.75, 3.05) is 7.11 Å². The zero-order chi connectivity index (χ0) is 11.7. The Bertz CT molecular complexity index is 553. The summed E-state index contributed by atoms with van der Waals surface area (Å²) in [6.07, 6.45) is 1.68. The molecule has 1 aliphatic heterocycles. The highest BCUT2D eigenvalue weighted by atomic mass is 79.9. The summed E-state index contributed by atoms with van der Waals surface area (Å²) in [6, 6.07) is 4.56. The molecule has 0 amide bonds. The van der Waals surface area contributed by atoms with Crippen LogP contribution in [0.4, 0.5) is 0 Å². The highest BCUT2D eigenvalue weighted by Gasteiger charge is 2.24. The van der Waals surface area contributed by atoms with Crippen molar-refractivity contribution in [2.45, 2.75) is 6.04 Å². The monoisotopic (exact) mass is 283 g/mol. The van der Waals surface area contributed by atoms with Gasteiger partial charge in [-0.1, -0.05) is 28.1 Å². The van der Waals surface area contributed by atoms with E-state index in [1.807, 2.05) is 6.07 Å². The van der Waals surface area contributed by atoms with Gasteiger partial charge in [0, 0.05) is 21.1 Å². The Balaban J connectivity index is 2.67. The number of halogens is 1. The van der Waals surface area contributed by atoms with Crippen LogP contribution in [-0.4, -0.2) is 24.2 Å². The second-order valence-electron chi connectivity index (χ2n) is 3.36. The van der Waals surface area contributed by atoms with Gasteiger partial charge in [0.25, 0.3) is 0 Å². The van der Waals surface area contributed by atoms with Crippen molar-refractivity contribution in [3.63, 3.8) is 0 Å². The first-order valence-corrected chi connectivity index (χ1v) is 5.46. The normalized spacial score (nSPS) is 18.1. The van der Waals surface area contributed by atoms with Crippen LogP contribution < -0.4 is 15.8 Å². The number of hydrogen-bond donors (Lipinski definition) is 2. The van der Waals surface area contributed by atoms with Gasteiger partial charge in [-0.05, 0) is 6.07 Å². The molecule has 0 fully saturated rings. The predicted molar refractivity (Wildman–Crippen MR) is 63.1 cm³/mol. The average Bonchev–Trinajstić information content (AvgIpc) is 2.28. The van der Waals surface area contributed by atoms with Crippen LogP contribution in [0.25, 0.3) is 10.7 Å². The number of phenolic OH excluding ortho intramolecular Hbond substituents is 1. The molecule has 1 aromatic carbocycles. The van der Waals surface area contributed by atoms with Crippen molar-refractivity contribution in [1.29, 1.82) is 0 Å². The topological polar surface area (TPSA) is 58.6 Å². The van der Waals surface area contributed by atoms with Crippen molar-refractivity contribution in [2.24, 2.45) is 0 Å². The van der Waals surface area contributed by atoms with Gasteiger partial charge in [-0.25, -0.2) is 4.79 Å². The van der Waals surface area contributed by atoms with Gasteiger partial charge in [-0.15, -0.1) is 0 Å². The van der Waals surface area contributed by atoms with E-state index in [0.29, 0.717) is 9.70 Å². The number of fused-ring (bicyclic) bond motifs is 1. The summed E-state index contributed by atoms with van der Waals surface area (Å²) >= 11 is 3.32. The lowest BCUT2D eigenvalue weighted by Crippen LogP contribution is -2.45. The molecule has 1 unspecified atom stereocenters. The zero-order valence-electron chi connectivity index (χ0n) is 8.53. The van der Waals surface area contributed by atoms with Crippen LogP contribution in [-0.2, 0) is 9.53 Å². The molecule has 4 nitrogen and oxygen atoms in total. The standard InChI is InChI=1S/C11H10BrNO3/c1-16-11(15)10-9(12)8-6(5-13-10)3-2-4-7(8)14/h2-5,10,13-14H,1H3. The number of rotatable bonds is 1. The molecule has 2 N–H and O–H groups in total. The minimum atomic E-state index is -0.606. The first kappa shape index (κ1) is 11.0. The Morgan fingerprint density at radius 1 is 1.56 bits per heavy atom. The van der Waals surface area contributed by atoms with E-state index < -0.39 is 12.0 Å². The molecule has 16 heavy (non-hydrogen) atoms. The number of carbonyl (C=O) groups excluding carboxylic acids is 1. The number of hydrogen-bond acceptors (Lipinski definition) is 4. The maximum Gasteiger partial charge on any atom is 0.333 e. The molecule has 1 atom stereocenters. The summed E-state index contributed by atoms with van der Waals surface area (Å²) in [4.78, 5) is 11.5. The number of esters is 1. The summed E-state index contributed by atoms with van der Waals surface area (Å²) in [7, 11) is 1.32. The van der Waals surface area contributed by atoms with Crippen LogP contribution in [0.5, 0.6) is 5.75 Å². The summed E-state index contributed by atoms with van der Waals surface area (Å²) < 4.78 is 5.24. The molecule has 0 bridgehead atoms. The largest absolute Gasteiger partial charge is 0.507 e. The molecule has 2 rings (SSSR count). The summed E-state index contributed by atoms with van der Waals surface area (Å²) in [6.45, 7) is 0. The van der Waals surface area contributed by atoms with Gasteiger partial charge in [0.05, 0.1) is 7.11 Å². The van der Waals surface area contributed by atoms with Crippen LogP contribution >= 0.6 is 15.9 Å². The van der Waals surface area contributed by atoms with Crippen LogP contribution in [0.2, 0.25) is 0 Å². The maximum atomic E-state index is 11.5. The molecule has 0 aliphatic carbocycles. The van der Waals surface area contributed by atoms with Crippen LogP contribution in [0, 0.1) is 0 Å². The van der Waals surface area contributed by atoms with E-state index in [4.69, 9.17) is 0 Å². The smallest absolute Gasteiger partial charge is 0.333 e. The molecular weight excluding hydrogens is 274 g/mol. The SMILES string of the molecule is COC(=O)C1NC=c2cccc(O)c2=C1Br. The fraction of sp³-hybridized carbons (Fsp3) is 0.182. The number of benzene rings is 1. The number of phenols is 1. The van der Waals surface area contributed by atoms with E-state index in [0.717, 1.165) is 5.22 Å². The molecule has 0 spiro atoms. The van der Waals surface area contributed by atoms with E-state index in [-0.39, 0.29) is 5.75 Å². The Morgan fingerprint density at radius 2 is 2.31 bits per heavy atom. The minimum absolute atomic E-state index is 0.135. The van der Waals surface area contributed by atoms with Crippen LogP contribution in [0.15, 0.2) is 18.2 Å². The van der Waals surface area contributed by atoms with Crippen LogP contribution in [0.1, 0.15) is 0 Å². The van der Waals surface area contributed by atoms with Gasteiger partial charge < -0.3 is 15.2 Å². The Hall–Kier alpha value is -1.49. The lowest BCUT2D eigenvalue weighted by molar-refractivity contribution is -0.141. The highest BCUT2D eigenvalue weighted by molar-refractivity contribution is 9.15. The molecule has 1 heterocycles. The second-order valence-corrected chi connectivity index (χ2v) is 4.21. The summed E-state index contributed by atoms with van der Waals surface area (Å²) in [5.74, 6) is -0.270. The van der Waals surface area contributed by atoms with E-state index in [1.54, 1.807) is 18.3 Å². The molecule has 0 saturated carbocycles. The number of methoxy groups -OCH3 is 1. The van der Waals surface area contributed by atoms with Gasteiger partial charge in [0.15, 0.2) is 6.04 Å². The van der Waals surface area contributed by atoms with E-state index in [9.17, 15) is 9.90 Å². The molecule has 0 radical (unpaired) electrons. The third kappa shape index (κ3) is 1.67. The van der Waals surface area contributed by atoms with Crippen molar-refractivity contribution < 1.29 is 14.6 Å². The Kier molecular flexibility index (Phi) is 2.87. The molecule has 5 heteroatoms. The van der Waals surface area contributed by atoms with E-state index >= 15 is 0 Å². The van der Waals surface area contributed by atoms with Crippen molar-refractivity contribution in [1.82, 2.24) is 5.32 Å². The fourth-order valence-corrected chi connectivity index (χ4v) is 2.37. The highest BCUT2D eigenvalue weighted by Crippen LogP contribution is 2.15. The van der Waals surface area contributed by atoms with Gasteiger partial charge >= 0.3 is 5.97 Å². The first-order chi connectivity index (χ1) is 7.65. The predicted octanol–water partition coefficient (Wildman–Crippen LogP) is -0.222. The lowest BCUT2D eigenvalue weighted by Gasteiger charge is -2.18. The summed E-state index contributed by atoms with van der Waals surface area (Å²) in [5, 5.41) is 14.1. The molecule has 1 aromatic rings. The minimum Gasteiger partial charge on any atom is -0.507 e. The van der Waals surface area contributed by atoms with Gasteiger partial charge in [0.2, 0.25) is 0 Å². The van der Waals surface area contributed by atoms with Gasteiger partial charge in [0.1, 0.15) is 5.75 Å². The number of nitrogens with one attached hydrogen (secondary N) is 1. The van der Waals surface area contributed by atoms with E-state index in [2.05, 4.69) is 26.0 Å². The third-order valence-electron chi connectivity index (χ3n) is 2.41.